The van der Waals surface area contributed by atoms with Gasteiger partial charge in [0.15, 0.2) is 18.4 Å². The maximum Gasteiger partial charge on any atom is 0.304 e. The molecule has 0 aromatic carbocycles. The predicted molar refractivity (Wildman–Crippen MR) is 62.7 cm³/mol. The summed E-state index contributed by atoms with van der Waals surface area (Å²) in [7, 11) is 1.37. The average molecular weight is 277 g/mol. The van der Waals surface area contributed by atoms with Crippen LogP contribution >= 0.6 is 0 Å². The third kappa shape index (κ3) is 7.37. The highest BCUT2D eigenvalue weighted by Gasteiger charge is 2.34. The molecule has 3 unspecified atom stereocenters. The van der Waals surface area contributed by atoms with Crippen molar-refractivity contribution in [1.29, 1.82) is 0 Å². The maximum absolute atomic E-state index is 11.0. The molecule has 0 aliphatic carbocycles. The molecule has 0 saturated carbocycles. The first kappa shape index (κ1) is 17.3. The fourth-order valence-corrected chi connectivity index (χ4v) is 1.38. The van der Waals surface area contributed by atoms with Gasteiger partial charge in [-0.2, -0.15) is 0 Å². The van der Waals surface area contributed by atoms with Crippen LogP contribution in [0.1, 0.15) is 20.8 Å². The Balaban J connectivity index is 4.97. The molecule has 0 saturated heterocycles. The van der Waals surface area contributed by atoms with Crippen molar-refractivity contribution in [2.24, 2.45) is 5.73 Å². The smallest absolute Gasteiger partial charge is 0.304 e. The van der Waals surface area contributed by atoms with Crippen molar-refractivity contribution in [3.05, 3.63) is 0 Å². The molecule has 0 radical (unpaired) electrons. The van der Waals surface area contributed by atoms with Gasteiger partial charge in [0.05, 0.1) is 6.61 Å². The molecule has 0 bridgehead atoms. The zero-order valence-corrected chi connectivity index (χ0v) is 11.4. The fraction of sp³-hybridized carbons (Fsp3) is 0.727. The molecule has 8 nitrogen and oxygen atoms in total. The number of hydrogen-bond acceptors (Lipinski definition) is 8. The highest BCUT2D eigenvalue weighted by Crippen LogP contribution is 2.11. The number of esters is 3. The molecule has 0 aromatic rings. The van der Waals surface area contributed by atoms with Crippen LogP contribution < -0.4 is 5.73 Å². The van der Waals surface area contributed by atoms with Gasteiger partial charge in [0.1, 0.15) is 0 Å². The number of nitrogens with two attached hydrogens (primary N) is 1. The standard InChI is InChI=1S/C11H19NO7/c1-6(13)17-9(5-16-4)10(18-7(2)14)11(12)19-8(3)15/h9-11H,5,12H2,1-4H3. The fourth-order valence-electron chi connectivity index (χ4n) is 1.38. The van der Waals surface area contributed by atoms with Crippen LogP contribution in [-0.2, 0) is 33.3 Å². The minimum atomic E-state index is -1.26. The monoisotopic (exact) mass is 277 g/mol. The topological polar surface area (TPSA) is 114 Å². The van der Waals surface area contributed by atoms with Gasteiger partial charge in [-0.15, -0.1) is 0 Å². The molecular formula is C11H19NO7. The van der Waals surface area contributed by atoms with Gasteiger partial charge in [0.25, 0.3) is 0 Å². The summed E-state index contributed by atoms with van der Waals surface area (Å²) in [6, 6.07) is 0. The zero-order valence-electron chi connectivity index (χ0n) is 11.4. The van der Waals surface area contributed by atoms with Gasteiger partial charge in [-0.25, -0.2) is 0 Å². The highest BCUT2D eigenvalue weighted by molar-refractivity contribution is 5.68. The SMILES string of the molecule is COCC(OC(C)=O)C(OC(C)=O)C(N)OC(C)=O. The summed E-state index contributed by atoms with van der Waals surface area (Å²) in [5.41, 5.74) is 5.61. The third-order valence-electron chi connectivity index (χ3n) is 1.94. The van der Waals surface area contributed by atoms with Gasteiger partial charge in [-0.1, -0.05) is 0 Å². The summed E-state index contributed by atoms with van der Waals surface area (Å²) < 4.78 is 19.5. The van der Waals surface area contributed by atoms with E-state index in [4.69, 9.17) is 24.7 Å². The Hall–Kier alpha value is -1.67. The minimum Gasteiger partial charge on any atom is -0.456 e. The number of rotatable bonds is 7. The number of hydrogen-bond donors (Lipinski definition) is 1. The van der Waals surface area contributed by atoms with Crippen LogP contribution in [0.5, 0.6) is 0 Å². The van der Waals surface area contributed by atoms with E-state index in [2.05, 4.69) is 0 Å². The van der Waals surface area contributed by atoms with Crippen molar-refractivity contribution in [2.75, 3.05) is 13.7 Å². The molecule has 0 aliphatic rings. The first-order chi connectivity index (χ1) is 8.77. The summed E-state index contributed by atoms with van der Waals surface area (Å²) in [4.78, 5) is 32.9. The molecule has 19 heavy (non-hydrogen) atoms. The summed E-state index contributed by atoms with van der Waals surface area (Å²) in [5.74, 6) is -1.90. The molecular weight excluding hydrogens is 258 g/mol. The van der Waals surface area contributed by atoms with Gasteiger partial charge < -0.3 is 18.9 Å². The molecule has 8 heteroatoms. The molecule has 3 atom stereocenters. The molecule has 110 valence electrons. The maximum atomic E-state index is 11.0. The molecule has 0 rings (SSSR count). The molecule has 0 aliphatic heterocycles. The molecule has 0 fully saturated rings. The van der Waals surface area contributed by atoms with E-state index in [0.717, 1.165) is 13.8 Å². The lowest BCUT2D eigenvalue weighted by atomic mass is 10.2. The van der Waals surface area contributed by atoms with Crippen LogP contribution in [0.4, 0.5) is 0 Å². The normalized spacial score (nSPS) is 15.0. The largest absolute Gasteiger partial charge is 0.456 e. The van der Waals surface area contributed by atoms with Gasteiger partial charge in [-0.3, -0.25) is 20.1 Å². The first-order valence-corrected chi connectivity index (χ1v) is 5.54. The molecule has 2 N–H and O–H groups in total. The number of methoxy groups -OCH3 is 1. The first-order valence-electron chi connectivity index (χ1n) is 5.54. The second kappa shape index (κ2) is 8.44. The van der Waals surface area contributed by atoms with E-state index < -0.39 is 36.3 Å². The van der Waals surface area contributed by atoms with Crippen molar-refractivity contribution in [3.63, 3.8) is 0 Å². The van der Waals surface area contributed by atoms with Crippen molar-refractivity contribution >= 4 is 17.9 Å². The zero-order chi connectivity index (χ0) is 15.0. The molecule has 0 heterocycles. The molecule has 0 spiro atoms. The summed E-state index contributed by atoms with van der Waals surface area (Å²) in [6.45, 7) is 3.43. The van der Waals surface area contributed by atoms with E-state index in [1.165, 1.54) is 14.0 Å². The quantitative estimate of drug-likeness (QED) is 0.371. The second-order valence-corrected chi connectivity index (χ2v) is 3.75. The van der Waals surface area contributed by atoms with Gasteiger partial charge in [0, 0.05) is 27.9 Å². The lowest BCUT2D eigenvalue weighted by Gasteiger charge is -2.29. The van der Waals surface area contributed by atoms with Crippen molar-refractivity contribution in [1.82, 2.24) is 0 Å². The lowest BCUT2D eigenvalue weighted by Crippen LogP contribution is -2.51. The minimum absolute atomic E-state index is 0.0630. The molecule has 0 amide bonds. The van der Waals surface area contributed by atoms with E-state index >= 15 is 0 Å². The van der Waals surface area contributed by atoms with Crippen LogP contribution in [0, 0.1) is 0 Å². The van der Waals surface area contributed by atoms with Gasteiger partial charge in [-0.05, 0) is 0 Å². The number of carbonyl (C=O) groups excluding carboxylic acids is 3. The van der Waals surface area contributed by atoms with Crippen LogP contribution in [0.2, 0.25) is 0 Å². The highest BCUT2D eigenvalue weighted by atomic mass is 16.6. The van der Waals surface area contributed by atoms with Crippen LogP contribution in [-0.4, -0.2) is 50.1 Å². The van der Waals surface area contributed by atoms with E-state index in [-0.39, 0.29) is 6.61 Å². The molecule has 0 aromatic heterocycles. The summed E-state index contributed by atoms with van der Waals surface area (Å²) >= 11 is 0. The van der Waals surface area contributed by atoms with Crippen molar-refractivity contribution < 1.29 is 33.3 Å². The lowest BCUT2D eigenvalue weighted by molar-refractivity contribution is -0.186. The van der Waals surface area contributed by atoms with E-state index in [1.54, 1.807) is 0 Å². The Morgan fingerprint density at radius 1 is 0.947 bits per heavy atom. The Morgan fingerprint density at radius 3 is 1.79 bits per heavy atom. The second-order valence-electron chi connectivity index (χ2n) is 3.75. The Morgan fingerprint density at radius 2 is 1.42 bits per heavy atom. The van der Waals surface area contributed by atoms with Gasteiger partial charge in [0.2, 0.25) is 0 Å². The van der Waals surface area contributed by atoms with E-state index in [1.807, 2.05) is 0 Å². The number of carbonyl (C=O) groups is 3. The number of ether oxygens (including phenoxy) is 4. The van der Waals surface area contributed by atoms with Crippen molar-refractivity contribution in [2.45, 2.75) is 39.2 Å². The Bertz CT molecular complexity index is 331. The van der Waals surface area contributed by atoms with E-state index in [9.17, 15) is 14.4 Å². The van der Waals surface area contributed by atoms with Gasteiger partial charge >= 0.3 is 17.9 Å². The predicted octanol–water partition coefficient (Wildman–Crippen LogP) is -0.656. The average Bonchev–Trinajstić information content (AvgIpc) is 2.23. The van der Waals surface area contributed by atoms with Crippen LogP contribution in [0.25, 0.3) is 0 Å². The Labute approximate surface area is 111 Å². The summed E-state index contributed by atoms with van der Waals surface area (Å²) in [6.07, 6.45) is -3.38. The van der Waals surface area contributed by atoms with E-state index in [0.29, 0.717) is 0 Å². The third-order valence-corrected chi connectivity index (χ3v) is 1.94. The Kier molecular flexibility index (Phi) is 7.69. The van der Waals surface area contributed by atoms with Crippen LogP contribution in [0.15, 0.2) is 0 Å². The van der Waals surface area contributed by atoms with Crippen LogP contribution in [0.3, 0.4) is 0 Å². The summed E-state index contributed by atoms with van der Waals surface area (Å²) in [5, 5.41) is 0. The van der Waals surface area contributed by atoms with Crippen molar-refractivity contribution in [3.8, 4) is 0 Å².